The van der Waals surface area contributed by atoms with Crippen LogP contribution in [0.15, 0.2) is 30.3 Å². The minimum Gasteiger partial charge on any atom is -0.459 e. The number of benzene rings is 1. The van der Waals surface area contributed by atoms with Gasteiger partial charge in [0.1, 0.15) is 18.2 Å². The van der Waals surface area contributed by atoms with Crippen LogP contribution in [0.1, 0.15) is 72.3 Å². The molecule has 0 radical (unpaired) electrons. The second-order valence-electron chi connectivity index (χ2n) is 9.08. The lowest BCUT2D eigenvalue weighted by molar-refractivity contribution is -0.149. The van der Waals surface area contributed by atoms with Crippen LogP contribution >= 0.6 is 0 Å². The van der Waals surface area contributed by atoms with E-state index in [4.69, 9.17) is 9.47 Å². The predicted molar refractivity (Wildman–Crippen MR) is 120 cm³/mol. The topological polar surface area (TPSA) is 93.7 Å². The van der Waals surface area contributed by atoms with E-state index in [1.807, 2.05) is 65.0 Å². The zero-order valence-corrected chi connectivity index (χ0v) is 19.5. The Hall–Kier alpha value is -2.57. The smallest absolute Gasteiger partial charge is 0.407 e. The summed E-state index contributed by atoms with van der Waals surface area (Å²) in [5.74, 6) is -0.330. The Bertz CT molecular complexity index is 683. The van der Waals surface area contributed by atoms with Gasteiger partial charge in [-0.1, -0.05) is 50.6 Å². The summed E-state index contributed by atoms with van der Waals surface area (Å²) in [5, 5.41) is 5.52. The van der Waals surface area contributed by atoms with Gasteiger partial charge in [-0.3, -0.25) is 4.79 Å². The van der Waals surface area contributed by atoms with Gasteiger partial charge in [0.15, 0.2) is 0 Å². The lowest BCUT2D eigenvalue weighted by Gasteiger charge is -2.20. The van der Waals surface area contributed by atoms with Gasteiger partial charge < -0.3 is 20.1 Å². The van der Waals surface area contributed by atoms with Gasteiger partial charge in [0.25, 0.3) is 0 Å². The first-order valence-electron chi connectivity index (χ1n) is 11.0. The summed E-state index contributed by atoms with van der Waals surface area (Å²) in [5.41, 5.74) is 0.391. The molecular formula is C24H38N2O5. The third-order valence-electron chi connectivity index (χ3n) is 4.30. The summed E-state index contributed by atoms with van der Waals surface area (Å²) >= 11 is 0. The number of hydrogen-bond donors (Lipinski definition) is 2. The molecule has 7 nitrogen and oxygen atoms in total. The minimum absolute atomic E-state index is 0.164. The number of esters is 1. The van der Waals surface area contributed by atoms with E-state index in [1.165, 1.54) is 0 Å². The van der Waals surface area contributed by atoms with Gasteiger partial charge >= 0.3 is 12.1 Å². The van der Waals surface area contributed by atoms with Gasteiger partial charge in [0, 0.05) is 13.0 Å². The molecule has 0 heterocycles. The second-order valence-corrected chi connectivity index (χ2v) is 9.08. The van der Waals surface area contributed by atoms with Crippen molar-refractivity contribution in [1.82, 2.24) is 10.6 Å². The normalized spacial score (nSPS) is 12.2. The average Bonchev–Trinajstić information content (AvgIpc) is 2.67. The monoisotopic (exact) mass is 434 g/mol. The molecule has 1 aromatic carbocycles. The molecular weight excluding hydrogens is 396 g/mol. The summed E-state index contributed by atoms with van der Waals surface area (Å²) in [6.07, 6.45) is 2.63. The molecule has 0 bridgehead atoms. The van der Waals surface area contributed by atoms with Gasteiger partial charge in [-0.05, 0) is 51.5 Å². The third kappa shape index (κ3) is 13.4. The highest BCUT2D eigenvalue weighted by Gasteiger charge is 2.23. The van der Waals surface area contributed by atoms with Crippen molar-refractivity contribution < 1.29 is 23.9 Å². The second kappa shape index (κ2) is 13.7. The van der Waals surface area contributed by atoms with Gasteiger partial charge in [-0.25, -0.2) is 9.59 Å². The molecule has 31 heavy (non-hydrogen) atoms. The van der Waals surface area contributed by atoms with Crippen LogP contribution in [-0.2, 0) is 25.7 Å². The van der Waals surface area contributed by atoms with E-state index in [1.54, 1.807) is 0 Å². The lowest BCUT2D eigenvalue weighted by atomic mass is 10.0. The molecule has 2 N–H and O–H groups in total. The van der Waals surface area contributed by atoms with Gasteiger partial charge in [-0.15, -0.1) is 0 Å². The van der Waals surface area contributed by atoms with E-state index in [0.29, 0.717) is 25.8 Å². The van der Waals surface area contributed by atoms with Crippen molar-refractivity contribution >= 4 is 18.0 Å². The fourth-order valence-corrected chi connectivity index (χ4v) is 2.87. The minimum atomic E-state index is -0.648. The van der Waals surface area contributed by atoms with Crippen LogP contribution in [0, 0.1) is 5.92 Å². The molecule has 0 unspecified atom stereocenters. The molecule has 1 rings (SSSR count). The zero-order valence-electron chi connectivity index (χ0n) is 19.5. The van der Waals surface area contributed by atoms with E-state index in [9.17, 15) is 14.4 Å². The maximum atomic E-state index is 12.5. The summed E-state index contributed by atoms with van der Waals surface area (Å²) in [6.45, 7) is 10.1. The Morgan fingerprint density at radius 1 is 1.00 bits per heavy atom. The maximum Gasteiger partial charge on any atom is 0.407 e. The quantitative estimate of drug-likeness (QED) is 0.377. The lowest BCUT2D eigenvalue weighted by Crippen LogP contribution is -2.42. The van der Waals surface area contributed by atoms with Crippen molar-refractivity contribution in [2.24, 2.45) is 5.92 Å². The van der Waals surface area contributed by atoms with E-state index in [0.717, 1.165) is 18.4 Å². The summed E-state index contributed by atoms with van der Waals surface area (Å²) < 4.78 is 10.6. The number of carbonyl (C=O) groups is 3. The first kappa shape index (κ1) is 26.5. The van der Waals surface area contributed by atoms with E-state index < -0.39 is 23.7 Å². The number of ether oxygens (including phenoxy) is 2. The van der Waals surface area contributed by atoms with Crippen molar-refractivity contribution in [2.45, 2.75) is 85.0 Å². The molecule has 0 fully saturated rings. The highest BCUT2D eigenvalue weighted by atomic mass is 16.6. The zero-order chi connectivity index (χ0) is 23.3. The predicted octanol–water partition coefficient (Wildman–Crippen LogP) is 4.35. The van der Waals surface area contributed by atoms with E-state index in [2.05, 4.69) is 10.6 Å². The highest BCUT2D eigenvalue weighted by molar-refractivity contribution is 5.84. The van der Waals surface area contributed by atoms with Crippen LogP contribution < -0.4 is 10.6 Å². The Labute approximate surface area is 186 Å². The molecule has 0 aliphatic carbocycles. The van der Waals surface area contributed by atoms with Crippen LogP contribution in [0.3, 0.4) is 0 Å². The molecule has 0 saturated carbocycles. The molecule has 1 atom stereocenters. The first-order chi connectivity index (χ1) is 14.6. The van der Waals surface area contributed by atoms with Crippen molar-refractivity contribution in [3.8, 4) is 0 Å². The van der Waals surface area contributed by atoms with Gasteiger partial charge in [0.05, 0.1) is 0 Å². The Balaban J connectivity index is 2.31. The third-order valence-corrected chi connectivity index (χ3v) is 4.30. The number of carbonyl (C=O) groups excluding carboxylic acids is 3. The van der Waals surface area contributed by atoms with Gasteiger partial charge in [0.2, 0.25) is 5.91 Å². The Kier molecular flexibility index (Phi) is 11.7. The molecule has 0 saturated heterocycles. The molecule has 2 amide bonds. The number of rotatable bonds is 12. The van der Waals surface area contributed by atoms with Crippen LogP contribution in [-0.4, -0.2) is 36.2 Å². The van der Waals surface area contributed by atoms with Crippen LogP contribution in [0.2, 0.25) is 0 Å². The molecule has 0 aromatic heterocycles. The van der Waals surface area contributed by atoms with Crippen molar-refractivity contribution in [3.05, 3.63) is 35.9 Å². The number of amides is 2. The standard InChI is InChI=1S/C24H38N2O5/c1-18(2)16-20(22(28)30-17-19-12-8-6-9-13-19)26-21(27)14-10-7-11-15-25-23(29)31-24(3,4)5/h6,8-9,12-13,18,20H,7,10-11,14-17H2,1-5H3,(H,25,29)(H,26,27)/t20-/m0/s1. The van der Waals surface area contributed by atoms with Crippen LogP contribution in [0.4, 0.5) is 4.79 Å². The fourth-order valence-electron chi connectivity index (χ4n) is 2.87. The number of unbranched alkanes of at least 4 members (excludes halogenated alkanes) is 2. The summed E-state index contributed by atoms with van der Waals surface area (Å²) in [6, 6.07) is 8.81. The molecule has 0 aliphatic rings. The average molecular weight is 435 g/mol. The molecule has 0 spiro atoms. The largest absolute Gasteiger partial charge is 0.459 e. The number of alkyl carbamates (subject to hydrolysis) is 1. The van der Waals surface area contributed by atoms with Crippen molar-refractivity contribution in [2.75, 3.05) is 6.54 Å². The highest BCUT2D eigenvalue weighted by Crippen LogP contribution is 2.10. The maximum absolute atomic E-state index is 12.5. The number of hydrogen-bond acceptors (Lipinski definition) is 5. The SMILES string of the molecule is CC(C)C[C@H](NC(=O)CCCCCNC(=O)OC(C)(C)C)C(=O)OCc1ccccc1. The van der Waals surface area contributed by atoms with Gasteiger partial charge in [-0.2, -0.15) is 0 Å². The van der Waals surface area contributed by atoms with Crippen LogP contribution in [0.5, 0.6) is 0 Å². The summed E-state index contributed by atoms with van der Waals surface area (Å²) in [4.78, 5) is 36.4. The number of nitrogens with one attached hydrogen (secondary N) is 2. The fraction of sp³-hybridized carbons (Fsp3) is 0.625. The molecule has 0 aliphatic heterocycles. The van der Waals surface area contributed by atoms with Crippen LogP contribution in [0.25, 0.3) is 0 Å². The summed E-state index contributed by atoms with van der Waals surface area (Å²) in [7, 11) is 0. The first-order valence-corrected chi connectivity index (χ1v) is 11.0. The molecule has 1 aromatic rings. The Morgan fingerprint density at radius 3 is 2.29 bits per heavy atom. The molecule has 7 heteroatoms. The van der Waals surface area contributed by atoms with E-state index >= 15 is 0 Å². The van der Waals surface area contributed by atoms with Crippen molar-refractivity contribution in [1.29, 1.82) is 0 Å². The van der Waals surface area contributed by atoms with Crippen molar-refractivity contribution in [3.63, 3.8) is 0 Å². The Morgan fingerprint density at radius 2 is 1.68 bits per heavy atom. The van der Waals surface area contributed by atoms with E-state index in [-0.39, 0.29) is 18.4 Å². The molecule has 174 valence electrons.